The van der Waals surface area contributed by atoms with E-state index in [1.807, 2.05) is 11.0 Å². The van der Waals surface area contributed by atoms with Gasteiger partial charge in [-0.15, -0.1) is 0 Å². The van der Waals surface area contributed by atoms with Crippen LogP contribution in [0.2, 0.25) is 0 Å². The van der Waals surface area contributed by atoms with Crippen LogP contribution in [0, 0.1) is 0 Å². The summed E-state index contributed by atoms with van der Waals surface area (Å²) in [4.78, 5) is 14.3. The quantitative estimate of drug-likeness (QED) is 0.902. The third-order valence-corrected chi connectivity index (χ3v) is 4.16. The predicted octanol–water partition coefficient (Wildman–Crippen LogP) is 1.68. The number of carbonyl (C=O) groups is 1. The topological polar surface area (TPSA) is 58.2 Å². The molecule has 5 heteroatoms. The molecule has 0 saturated carbocycles. The minimum Gasteiger partial charge on any atom is -0.378 e. The van der Waals surface area contributed by atoms with Crippen LogP contribution in [-0.4, -0.2) is 46.8 Å². The summed E-state index contributed by atoms with van der Waals surface area (Å²) in [5.74, 6) is 0.654. The van der Waals surface area contributed by atoms with Gasteiger partial charge in [-0.1, -0.05) is 0 Å². The Kier molecular flexibility index (Phi) is 3.82. The molecule has 0 bridgehead atoms. The second-order valence-electron chi connectivity index (χ2n) is 5.53. The van der Waals surface area contributed by atoms with Crippen LogP contribution in [0.1, 0.15) is 43.7 Å². The number of nitrogens with zero attached hydrogens (tertiary/aromatic N) is 2. The first-order valence-corrected chi connectivity index (χ1v) is 7.21. The van der Waals surface area contributed by atoms with Gasteiger partial charge in [-0.25, -0.2) is 0 Å². The van der Waals surface area contributed by atoms with E-state index in [-0.39, 0.29) is 12.0 Å². The molecule has 1 aromatic rings. The fourth-order valence-electron chi connectivity index (χ4n) is 3.08. The van der Waals surface area contributed by atoms with Crippen LogP contribution in [0.3, 0.4) is 0 Å². The monoisotopic (exact) mass is 263 g/mol. The smallest absolute Gasteiger partial charge is 0.225 e. The molecular weight excluding hydrogens is 242 g/mol. The van der Waals surface area contributed by atoms with Crippen molar-refractivity contribution in [2.45, 2.75) is 44.1 Å². The lowest BCUT2D eigenvalue weighted by Gasteiger charge is -2.32. The molecule has 5 nitrogen and oxygen atoms in total. The number of hydrogen-bond acceptors (Lipinski definition) is 3. The number of nitrogens with one attached hydrogen (secondary N) is 1. The van der Waals surface area contributed by atoms with Crippen LogP contribution < -0.4 is 0 Å². The van der Waals surface area contributed by atoms with Crippen LogP contribution in [0.25, 0.3) is 0 Å². The summed E-state index contributed by atoms with van der Waals surface area (Å²) in [5, 5.41) is 7.03. The molecule has 19 heavy (non-hydrogen) atoms. The lowest BCUT2D eigenvalue weighted by molar-refractivity contribution is -0.134. The molecule has 2 aliphatic rings. The van der Waals surface area contributed by atoms with E-state index >= 15 is 0 Å². The third-order valence-electron chi connectivity index (χ3n) is 4.16. The molecule has 0 radical (unpaired) electrons. The number of amides is 1. The molecule has 0 aliphatic carbocycles. The highest BCUT2D eigenvalue weighted by Crippen LogP contribution is 2.26. The summed E-state index contributed by atoms with van der Waals surface area (Å²) in [7, 11) is 0. The lowest BCUT2D eigenvalue weighted by Crippen LogP contribution is -2.40. The number of aromatic amines is 1. The number of piperidine rings is 1. The predicted molar refractivity (Wildman–Crippen MR) is 70.7 cm³/mol. The van der Waals surface area contributed by atoms with Gasteiger partial charge in [-0.3, -0.25) is 9.89 Å². The minimum absolute atomic E-state index is 0.153. The van der Waals surface area contributed by atoms with Gasteiger partial charge in [0.25, 0.3) is 0 Å². The minimum atomic E-state index is 0.153. The first-order chi connectivity index (χ1) is 9.33. The van der Waals surface area contributed by atoms with Crippen molar-refractivity contribution in [2.75, 3.05) is 19.7 Å². The zero-order chi connectivity index (χ0) is 13.1. The van der Waals surface area contributed by atoms with Crippen molar-refractivity contribution in [3.05, 3.63) is 18.0 Å². The normalized spacial score (nSPS) is 27.7. The summed E-state index contributed by atoms with van der Waals surface area (Å²) >= 11 is 0. The average Bonchev–Trinajstić information content (AvgIpc) is 3.12. The van der Waals surface area contributed by atoms with Crippen molar-refractivity contribution in [2.24, 2.45) is 0 Å². The van der Waals surface area contributed by atoms with Gasteiger partial charge >= 0.3 is 0 Å². The van der Waals surface area contributed by atoms with Crippen LogP contribution in [0.15, 0.2) is 12.3 Å². The average molecular weight is 263 g/mol. The van der Waals surface area contributed by atoms with E-state index in [4.69, 9.17) is 4.74 Å². The molecule has 3 heterocycles. The van der Waals surface area contributed by atoms with Crippen LogP contribution in [-0.2, 0) is 9.53 Å². The summed E-state index contributed by atoms with van der Waals surface area (Å²) < 4.78 is 5.55. The van der Waals surface area contributed by atoms with E-state index in [0.29, 0.717) is 12.3 Å². The Bertz CT molecular complexity index is 412. The second kappa shape index (κ2) is 5.74. The van der Waals surface area contributed by atoms with Gasteiger partial charge in [0.1, 0.15) is 0 Å². The fraction of sp³-hybridized carbons (Fsp3) is 0.714. The maximum atomic E-state index is 12.3. The van der Waals surface area contributed by atoms with Crippen molar-refractivity contribution in [1.29, 1.82) is 0 Å². The van der Waals surface area contributed by atoms with Crippen molar-refractivity contribution in [3.63, 3.8) is 0 Å². The van der Waals surface area contributed by atoms with E-state index in [0.717, 1.165) is 51.1 Å². The molecule has 1 N–H and O–H groups in total. The summed E-state index contributed by atoms with van der Waals surface area (Å²) in [6.07, 6.45) is 6.81. The number of H-pyrrole nitrogens is 1. The SMILES string of the molecule is O=C(CC1CCCO1)N1CCCC(c2ccn[nH]2)C1. The maximum Gasteiger partial charge on any atom is 0.225 e. The molecule has 1 aromatic heterocycles. The molecule has 2 fully saturated rings. The largest absolute Gasteiger partial charge is 0.378 e. The Balaban J connectivity index is 1.56. The Morgan fingerprint density at radius 2 is 2.42 bits per heavy atom. The number of likely N-dealkylation sites (tertiary alicyclic amines) is 1. The first kappa shape index (κ1) is 12.7. The molecule has 0 spiro atoms. The van der Waals surface area contributed by atoms with E-state index in [1.165, 1.54) is 0 Å². The van der Waals surface area contributed by atoms with Gasteiger partial charge in [0.15, 0.2) is 0 Å². The van der Waals surface area contributed by atoms with Crippen molar-refractivity contribution in [1.82, 2.24) is 15.1 Å². The van der Waals surface area contributed by atoms with E-state index in [1.54, 1.807) is 6.20 Å². The van der Waals surface area contributed by atoms with Gasteiger partial charge in [-0.05, 0) is 31.7 Å². The van der Waals surface area contributed by atoms with E-state index in [2.05, 4.69) is 10.2 Å². The molecule has 2 saturated heterocycles. The van der Waals surface area contributed by atoms with Gasteiger partial charge in [0.2, 0.25) is 5.91 Å². The third kappa shape index (κ3) is 2.97. The van der Waals surface area contributed by atoms with Gasteiger partial charge < -0.3 is 9.64 Å². The zero-order valence-corrected chi connectivity index (χ0v) is 11.2. The van der Waals surface area contributed by atoms with E-state index < -0.39 is 0 Å². The molecule has 2 aliphatic heterocycles. The van der Waals surface area contributed by atoms with Crippen LogP contribution >= 0.6 is 0 Å². The van der Waals surface area contributed by atoms with Gasteiger partial charge in [0, 0.05) is 37.5 Å². The van der Waals surface area contributed by atoms with Gasteiger partial charge in [-0.2, -0.15) is 5.10 Å². The number of carbonyl (C=O) groups excluding carboxylic acids is 1. The maximum absolute atomic E-state index is 12.3. The first-order valence-electron chi connectivity index (χ1n) is 7.21. The van der Waals surface area contributed by atoms with Crippen LogP contribution in [0.4, 0.5) is 0 Å². The number of ether oxygens (including phenoxy) is 1. The number of rotatable bonds is 3. The van der Waals surface area contributed by atoms with E-state index in [9.17, 15) is 4.79 Å². The molecule has 104 valence electrons. The molecule has 2 unspecified atom stereocenters. The molecular formula is C14H21N3O2. The van der Waals surface area contributed by atoms with Crippen molar-refractivity contribution in [3.8, 4) is 0 Å². The molecule has 3 rings (SSSR count). The molecule has 0 aromatic carbocycles. The Morgan fingerprint density at radius 1 is 1.47 bits per heavy atom. The number of aromatic nitrogens is 2. The Hall–Kier alpha value is -1.36. The summed E-state index contributed by atoms with van der Waals surface area (Å²) in [6, 6.07) is 2.01. The highest BCUT2D eigenvalue weighted by molar-refractivity contribution is 5.77. The fourth-order valence-corrected chi connectivity index (χ4v) is 3.08. The van der Waals surface area contributed by atoms with Crippen LogP contribution in [0.5, 0.6) is 0 Å². The summed E-state index contributed by atoms with van der Waals surface area (Å²) in [6.45, 7) is 2.51. The highest BCUT2D eigenvalue weighted by atomic mass is 16.5. The lowest BCUT2D eigenvalue weighted by atomic mass is 9.94. The van der Waals surface area contributed by atoms with Gasteiger partial charge in [0.05, 0.1) is 12.5 Å². The molecule has 1 amide bonds. The van der Waals surface area contributed by atoms with Crippen molar-refractivity contribution < 1.29 is 9.53 Å². The van der Waals surface area contributed by atoms with Crippen molar-refractivity contribution >= 4 is 5.91 Å². The Labute approximate surface area is 113 Å². The highest BCUT2D eigenvalue weighted by Gasteiger charge is 2.28. The molecule has 2 atom stereocenters. The summed E-state index contributed by atoms with van der Waals surface area (Å²) in [5.41, 5.74) is 1.15. The number of hydrogen-bond donors (Lipinski definition) is 1. The second-order valence-corrected chi connectivity index (χ2v) is 5.53. The Morgan fingerprint density at radius 3 is 3.16 bits per heavy atom. The standard InChI is InChI=1S/C14H21N3O2/c18-14(9-12-4-2-8-19-12)17-7-1-3-11(10-17)13-5-6-15-16-13/h5-6,11-12H,1-4,7-10H2,(H,15,16). The zero-order valence-electron chi connectivity index (χ0n) is 11.2.